The number of esters is 2. The molecule has 0 radical (unpaired) electrons. The number of amides is 4. The molecule has 35 heteroatoms. The van der Waals surface area contributed by atoms with Gasteiger partial charge >= 0.3 is 30.1 Å². The van der Waals surface area contributed by atoms with Crippen LogP contribution in [-0.4, -0.2) is 134 Å². The monoisotopic (exact) mass is 1720 g/mol. The number of nitrogens with zero attached hydrogens (tertiary/aromatic N) is 8. The highest BCUT2D eigenvalue weighted by atomic mass is 19.4. The molecule has 0 fully saturated rings. The number of methoxy groups -OCH3 is 2. The number of rotatable bonds is 20. The summed E-state index contributed by atoms with van der Waals surface area (Å²) in [7, 11) is 2.53. The first-order chi connectivity index (χ1) is 59.4. The zero-order chi connectivity index (χ0) is 92.7. The molecule has 0 bridgehead atoms. The Morgan fingerprint density at radius 2 is 0.587 bits per heavy atom. The number of hydrogen-bond acceptors (Lipinski definition) is 18. The largest absolute Gasteiger partial charge is 0.478 e. The molecule has 10 N–H and O–H groups in total. The second kappa shape index (κ2) is 40.1. The Morgan fingerprint density at radius 1 is 0.333 bits per heavy atom. The number of aromatic amines is 4. The Labute approximate surface area is 718 Å². The first-order valence-electron chi connectivity index (χ1n) is 38.6. The number of carboxylic acid groups (broad SMARTS) is 2. The van der Waals surface area contributed by atoms with Gasteiger partial charge in [0.1, 0.15) is 0 Å². The van der Waals surface area contributed by atoms with E-state index in [4.69, 9.17) is 10.2 Å². The van der Waals surface area contributed by atoms with Crippen molar-refractivity contribution in [1.29, 1.82) is 0 Å². The van der Waals surface area contributed by atoms with Gasteiger partial charge in [-0.3, -0.25) is 58.8 Å². The van der Waals surface area contributed by atoms with Crippen LogP contribution in [-0.2, 0) is 21.1 Å². The topological polar surface area (TPSA) is 444 Å². The second-order valence-electron chi connectivity index (χ2n) is 29.8. The molecule has 8 aromatic carbocycles. The van der Waals surface area contributed by atoms with E-state index in [2.05, 4.69) is 92.7 Å². The number of aromatic nitrogens is 8. The summed E-state index contributed by atoms with van der Waals surface area (Å²) < 4.78 is 53.6. The van der Waals surface area contributed by atoms with Crippen LogP contribution < -0.4 is 43.9 Å². The van der Waals surface area contributed by atoms with Crippen molar-refractivity contribution in [3.8, 4) is 22.7 Å². The fourth-order valence-electron chi connectivity index (χ4n) is 12.6. The Bertz CT molecular complexity index is 6560. The predicted molar refractivity (Wildman–Crippen MR) is 468 cm³/mol. The van der Waals surface area contributed by atoms with E-state index >= 15 is 0 Å². The molecule has 126 heavy (non-hydrogen) atoms. The number of hydrazone groups is 4. The van der Waals surface area contributed by atoms with Crippen molar-refractivity contribution in [3.05, 3.63) is 346 Å². The lowest BCUT2D eigenvalue weighted by Gasteiger charge is -2.19. The lowest BCUT2D eigenvalue weighted by Crippen LogP contribution is -2.23. The molecule has 0 saturated heterocycles. The number of H-pyrrole nitrogens is 4. The summed E-state index contributed by atoms with van der Waals surface area (Å²) in [6.45, 7) is 27.6. The number of halogens is 3. The van der Waals surface area contributed by atoms with Gasteiger partial charge in [0.2, 0.25) is 0 Å². The third-order valence-corrected chi connectivity index (χ3v) is 19.9. The van der Waals surface area contributed by atoms with Gasteiger partial charge < -0.3 is 19.7 Å². The second-order valence-corrected chi connectivity index (χ2v) is 29.8. The molecule has 0 aliphatic carbocycles. The third kappa shape index (κ3) is 22.6. The average Bonchev–Trinajstić information content (AvgIpc) is 1.64. The minimum atomic E-state index is -4.55. The highest BCUT2D eigenvalue weighted by Gasteiger charge is 2.31. The van der Waals surface area contributed by atoms with E-state index in [9.17, 15) is 70.7 Å². The maximum absolute atomic E-state index is 13.0. The quantitative estimate of drug-likeness (QED) is 0.0192. The molecule has 12 rings (SSSR count). The Hall–Kier alpha value is -16.0. The summed E-state index contributed by atoms with van der Waals surface area (Å²) in [4.78, 5) is 146. The van der Waals surface area contributed by atoms with E-state index < -0.39 is 64.8 Å². The summed E-state index contributed by atoms with van der Waals surface area (Å²) >= 11 is 0. The number of nitrogens with one attached hydrogen (secondary N) is 8. The van der Waals surface area contributed by atoms with E-state index in [1.54, 1.807) is 48.5 Å². The average molecular weight is 1720 g/mol. The van der Waals surface area contributed by atoms with Gasteiger partial charge in [0, 0.05) is 45.0 Å². The lowest BCUT2D eigenvalue weighted by molar-refractivity contribution is -0.137. The minimum absolute atomic E-state index is 0.00621. The maximum atomic E-state index is 13.0. The van der Waals surface area contributed by atoms with Crippen LogP contribution in [0.2, 0.25) is 0 Å². The molecule has 652 valence electrons. The lowest BCUT2D eigenvalue weighted by atomic mass is 9.87. The van der Waals surface area contributed by atoms with Crippen molar-refractivity contribution in [2.45, 2.75) is 115 Å². The predicted octanol–water partition coefficient (Wildman–Crippen LogP) is 13.0. The van der Waals surface area contributed by atoms with Crippen LogP contribution in [0.3, 0.4) is 0 Å². The minimum Gasteiger partial charge on any atom is -0.478 e. The Morgan fingerprint density at radius 3 is 0.841 bits per heavy atom. The van der Waals surface area contributed by atoms with Gasteiger partial charge in [-0.25, -0.2) is 59.6 Å². The van der Waals surface area contributed by atoms with Gasteiger partial charge in [0.25, 0.3) is 45.9 Å². The van der Waals surface area contributed by atoms with Crippen molar-refractivity contribution >= 4 is 70.4 Å². The summed E-state index contributed by atoms with van der Waals surface area (Å²) in [6, 6.07) is 46.2. The molecule has 4 amide bonds. The molecule has 4 heterocycles. The normalized spacial score (nSPS) is 11.7. The zero-order valence-corrected chi connectivity index (χ0v) is 71.6. The van der Waals surface area contributed by atoms with Gasteiger partial charge in [0.05, 0.1) is 110 Å². The van der Waals surface area contributed by atoms with Crippen LogP contribution in [0.5, 0.6) is 0 Å². The molecule has 0 unspecified atom stereocenters. The molecule has 12 aromatic rings. The summed E-state index contributed by atoms with van der Waals surface area (Å²) in [5, 5.41) is 45.9. The van der Waals surface area contributed by atoms with Crippen molar-refractivity contribution in [3.63, 3.8) is 0 Å². The summed E-state index contributed by atoms with van der Waals surface area (Å²) in [5.41, 5.74) is 21.6. The van der Waals surface area contributed by atoms with E-state index in [1.165, 1.54) is 144 Å². The number of ether oxygens (including phenoxy) is 2. The van der Waals surface area contributed by atoms with Gasteiger partial charge in [-0.15, -0.1) is 0 Å². The van der Waals surface area contributed by atoms with Crippen molar-refractivity contribution in [2.24, 2.45) is 20.4 Å². The highest BCUT2D eigenvalue weighted by molar-refractivity contribution is 6.05. The van der Waals surface area contributed by atoms with Gasteiger partial charge in [-0.05, 0) is 268 Å². The molecule has 0 saturated carbocycles. The number of benzene rings is 8. The molecular formula is C91H91F3N16O16. The molecule has 0 aliphatic heterocycles. The maximum Gasteiger partial charge on any atom is 0.416 e. The van der Waals surface area contributed by atoms with Crippen LogP contribution in [0.1, 0.15) is 210 Å². The van der Waals surface area contributed by atoms with Gasteiger partial charge in [-0.1, -0.05) is 51.1 Å². The van der Waals surface area contributed by atoms with Crippen molar-refractivity contribution in [1.82, 2.24) is 60.8 Å². The first-order valence-corrected chi connectivity index (χ1v) is 38.6. The fraction of sp³-hybridized carbons (Fsp3) is 0.209. The molecule has 0 aliphatic rings. The van der Waals surface area contributed by atoms with Crippen LogP contribution in [0.4, 0.5) is 13.2 Å². The highest BCUT2D eigenvalue weighted by Crippen LogP contribution is 2.31. The standard InChI is InChI=1S/C24H26N4O4.C23H24N4O4.C22H19F3N4O4.C22H22N4O4/c1-14(25-26-21(29)16-6-8-17(9-7-16)23(31)32)20-15(2)27-28(22(20)30)19-12-10-18(11-13-19)24(3,4)5;1-13-6-11-19(12-14(13)2)27-22(29)20(16(4)26-27)15(3)24-25-21(28)17-7-9-18(10-8-17)23(30)31-5;1-12(26-27-19(30)14-7-9-15(10-8-14)21(32)33-3)18-13(2)28-29(20(18)31)17-6-4-5-16(11-17)22(23,24)25;1-12-5-10-18(11-13(12)2)26-21(28)19(15(4)25-26)14(3)23-24-20(27)16-6-8-17(9-7-16)22(29)30/h6-13,27H,1-5H3,(H,26,29)(H,31,32);6-12,26H,1-5H3,(H,25,28);4-11,28H,1-3H3,(H,27,30);5-11,25H,1-4H3,(H,24,27)(H,29,30). The Kier molecular flexibility index (Phi) is 29.9. The summed E-state index contributed by atoms with van der Waals surface area (Å²) in [5.74, 6) is -5.23. The first kappa shape index (κ1) is 93.9. The van der Waals surface area contributed by atoms with E-state index in [-0.39, 0.29) is 72.4 Å². The van der Waals surface area contributed by atoms with Crippen molar-refractivity contribution in [2.75, 3.05) is 14.2 Å². The summed E-state index contributed by atoms with van der Waals surface area (Å²) in [6.07, 6.45) is -4.55. The van der Waals surface area contributed by atoms with Gasteiger partial charge in [0.15, 0.2) is 0 Å². The third-order valence-electron chi connectivity index (χ3n) is 19.9. The fourth-order valence-corrected chi connectivity index (χ4v) is 12.6. The van der Waals surface area contributed by atoms with Gasteiger partial charge in [-0.2, -0.15) is 33.6 Å². The molecule has 0 atom stereocenters. The molecule has 32 nitrogen and oxygen atoms in total. The van der Waals surface area contributed by atoms with Crippen LogP contribution in [0.25, 0.3) is 22.7 Å². The number of hydrogen-bond donors (Lipinski definition) is 10. The smallest absolute Gasteiger partial charge is 0.416 e. The van der Waals surface area contributed by atoms with Crippen LogP contribution in [0.15, 0.2) is 222 Å². The molecule has 0 spiro atoms. The number of carbonyl (C=O) groups excluding carboxylic acids is 6. The van der Waals surface area contributed by atoms with Crippen molar-refractivity contribution < 1.29 is 71.2 Å². The van der Waals surface area contributed by atoms with E-state index in [1.807, 2.05) is 88.4 Å². The molecular weight excluding hydrogens is 1630 g/mol. The van der Waals surface area contributed by atoms with Crippen LogP contribution in [0, 0.1) is 55.4 Å². The van der Waals surface area contributed by atoms with E-state index in [0.717, 1.165) is 50.3 Å². The number of aromatic carboxylic acids is 2. The number of carbonyl (C=O) groups is 8. The van der Waals surface area contributed by atoms with E-state index in [0.29, 0.717) is 79.1 Å². The SMILES string of the molecule is CC(=NNC(=O)c1ccc(C(=O)O)cc1)c1c(C)[nH]n(-c2ccc(C(C)(C)C)cc2)c1=O.CC(=NNC(=O)c1ccc(C(=O)O)cc1)c1c(C)[nH]n(-c2ccc(C)c(C)c2)c1=O.COC(=O)c1ccc(C(=O)NN=C(C)c2c(C)[nH]n(-c3ccc(C)c(C)c3)c2=O)cc1.COC(=O)c1ccc(C(=O)NN=C(C)c2c(C)[nH]n(-c3cccc(C(F)(F)F)c3)c2=O)cc1. The number of alkyl halides is 3. The van der Waals surface area contributed by atoms with Crippen LogP contribution >= 0.6 is 0 Å². The number of aryl methyl sites for hydroxylation is 8. The number of carboxylic acids is 2. The zero-order valence-electron chi connectivity index (χ0n) is 71.6. The molecule has 4 aromatic heterocycles. The Balaban J connectivity index is 0.000000190.